The molecule has 330 valence electrons. The highest BCUT2D eigenvalue weighted by Gasteiger charge is 2.21. The zero-order valence-electron chi connectivity index (χ0n) is 38.6. The number of pyridine rings is 1. The number of hydrogen-bond acceptors (Lipinski definition) is 4. The first-order valence-corrected chi connectivity index (χ1v) is 23.7. The Morgan fingerprint density at radius 1 is 0.314 bits per heavy atom. The molecule has 0 bridgehead atoms. The molecule has 13 rings (SSSR count). The molecule has 0 aliphatic heterocycles. The lowest BCUT2D eigenvalue weighted by atomic mass is 10.0. The number of hydrogen-bond donors (Lipinski definition) is 0. The highest BCUT2D eigenvalue weighted by atomic mass is 15.0. The fourth-order valence-electron chi connectivity index (χ4n) is 10.1. The molecule has 0 saturated carbocycles. The number of fused-ring (bicyclic) bond motifs is 6. The molecular formula is C64H44N6. The van der Waals surface area contributed by atoms with E-state index in [1.54, 1.807) is 0 Å². The Bertz CT molecular complexity index is 4060. The van der Waals surface area contributed by atoms with Crippen molar-refractivity contribution in [2.75, 3.05) is 0 Å². The highest BCUT2D eigenvalue weighted by Crippen LogP contribution is 2.41. The van der Waals surface area contributed by atoms with Gasteiger partial charge in [0.25, 0.3) is 0 Å². The fourth-order valence-corrected chi connectivity index (χ4v) is 10.1. The Morgan fingerprint density at radius 3 is 1.31 bits per heavy atom. The van der Waals surface area contributed by atoms with Gasteiger partial charge in [-0.15, -0.1) is 0 Å². The summed E-state index contributed by atoms with van der Waals surface area (Å²) in [5.74, 6) is 1.80. The van der Waals surface area contributed by atoms with Crippen molar-refractivity contribution in [2.24, 2.45) is 0 Å². The van der Waals surface area contributed by atoms with Gasteiger partial charge >= 0.3 is 0 Å². The fraction of sp³-hybridized carbons (Fsp3) is 0.0312. The third-order valence-corrected chi connectivity index (χ3v) is 13.6. The van der Waals surface area contributed by atoms with Crippen LogP contribution in [0.15, 0.2) is 231 Å². The Kier molecular flexibility index (Phi) is 9.84. The summed E-state index contributed by atoms with van der Waals surface area (Å²) in [6.45, 7) is 4.26. The number of nitrogens with zero attached hydrogens (tertiary/aromatic N) is 6. The van der Waals surface area contributed by atoms with E-state index in [1.165, 1.54) is 54.9 Å². The predicted molar refractivity (Wildman–Crippen MR) is 288 cm³/mol. The van der Waals surface area contributed by atoms with Crippen LogP contribution in [0, 0.1) is 13.8 Å². The monoisotopic (exact) mass is 896 g/mol. The highest BCUT2D eigenvalue weighted by molar-refractivity contribution is 6.12. The topological polar surface area (TPSA) is 61.4 Å². The molecule has 0 unspecified atom stereocenters. The zero-order chi connectivity index (χ0) is 46.7. The Labute approximate surface area is 405 Å². The van der Waals surface area contributed by atoms with Crippen LogP contribution in [0.2, 0.25) is 0 Å². The van der Waals surface area contributed by atoms with E-state index in [2.05, 4.69) is 187 Å². The van der Waals surface area contributed by atoms with Crippen molar-refractivity contribution in [3.8, 4) is 79.0 Å². The number of para-hydroxylation sites is 2. The molecule has 13 aromatic rings. The van der Waals surface area contributed by atoms with Crippen LogP contribution in [-0.4, -0.2) is 29.1 Å². The van der Waals surface area contributed by atoms with E-state index in [0.717, 1.165) is 61.4 Å². The molecule has 70 heavy (non-hydrogen) atoms. The van der Waals surface area contributed by atoms with E-state index >= 15 is 0 Å². The summed E-state index contributed by atoms with van der Waals surface area (Å²) in [6, 6.07) is 79.8. The largest absolute Gasteiger partial charge is 0.309 e. The minimum Gasteiger partial charge on any atom is -0.309 e. The maximum Gasteiger partial charge on any atom is 0.164 e. The maximum absolute atomic E-state index is 5.22. The van der Waals surface area contributed by atoms with Crippen LogP contribution in [0.1, 0.15) is 11.1 Å². The summed E-state index contributed by atoms with van der Waals surface area (Å²) in [5, 5.41) is 4.75. The minimum absolute atomic E-state index is 0.577. The quantitative estimate of drug-likeness (QED) is 0.152. The van der Waals surface area contributed by atoms with Gasteiger partial charge in [-0.1, -0.05) is 169 Å². The molecule has 9 aromatic carbocycles. The molecule has 4 heterocycles. The van der Waals surface area contributed by atoms with Gasteiger partial charge in [-0.3, -0.25) is 4.98 Å². The smallest absolute Gasteiger partial charge is 0.164 e. The van der Waals surface area contributed by atoms with Gasteiger partial charge in [-0.25, -0.2) is 15.0 Å². The van der Waals surface area contributed by atoms with E-state index in [9.17, 15) is 0 Å². The zero-order valence-corrected chi connectivity index (χ0v) is 38.6. The Morgan fingerprint density at radius 2 is 0.757 bits per heavy atom. The molecule has 6 nitrogen and oxygen atoms in total. The van der Waals surface area contributed by atoms with Crippen molar-refractivity contribution < 1.29 is 0 Å². The SMILES string of the molecule is Cc1ccc(-c2ccc3c(c2)c2ccccc2n3-c2ccnc(-c3cc(-c4nc(-c5ccccc5)nc(-c5ccccc5)n4)ccc3-n3c4ccccc4c4cc(-c5ccc(C)cc5)ccc43)c2)cc1. The Balaban J connectivity index is 1.04. The van der Waals surface area contributed by atoms with Gasteiger partial charge in [0.15, 0.2) is 17.5 Å². The van der Waals surface area contributed by atoms with Crippen molar-refractivity contribution in [3.05, 3.63) is 242 Å². The normalized spacial score (nSPS) is 11.6. The lowest BCUT2D eigenvalue weighted by Crippen LogP contribution is -2.03. The molecule has 0 atom stereocenters. The lowest BCUT2D eigenvalue weighted by Gasteiger charge is -2.17. The second-order valence-electron chi connectivity index (χ2n) is 18.1. The molecule has 6 heteroatoms. The molecule has 0 radical (unpaired) electrons. The summed E-state index contributed by atoms with van der Waals surface area (Å²) in [7, 11) is 0. The number of aromatic nitrogens is 6. The molecular weight excluding hydrogens is 853 g/mol. The molecule has 4 aromatic heterocycles. The summed E-state index contributed by atoms with van der Waals surface area (Å²) in [4.78, 5) is 20.6. The second-order valence-corrected chi connectivity index (χ2v) is 18.1. The summed E-state index contributed by atoms with van der Waals surface area (Å²) < 4.78 is 4.76. The third kappa shape index (κ3) is 7.13. The lowest BCUT2D eigenvalue weighted by molar-refractivity contribution is 1.07. The first kappa shape index (κ1) is 41.0. The van der Waals surface area contributed by atoms with E-state index in [0.29, 0.717) is 17.5 Å². The average Bonchev–Trinajstić information content (AvgIpc) is 3.94. The van der Waals surface area contributed by atoms with Crippen LogP contribution in [0.25, 0.3) is 123 Å². The maximum atomic E-state index is 5.22. The van der Waals surface area contributed by atoms with Crippen molar-refractivity contribution in [1.82, 2.24) is 29.1 Å². The second kappa shape index (κ2) is 16.8. The molecule has 0 amide bonds. The van der Waals surface area contributed by atoms with Gasteiger partial charge in [0, 0.05) is 55.7 Å². The van der Waals surface area contributed by atoms with Crippen LogP contribution in [0.5, 0.6) is 0 Å². The molecule has 0 fully saturated rings. The molecule has 0 spiro atoms. The molecule has 0 N–H and O–H groups in total. The van der Waals surface area contributed by atoms with Crippen LogP contribution in [-0.2, 0) is 0 Å². The van der Waals surface area contributed by atoms with Gasteiger partial charge in [0.05, 0.1) is 33.4 Å². The van der Waals surface area contributed by atoms with Gasteiger partial charge in [-0.05, 0) is 103 Å². The molecule has 0 aliphatic carbocycles. The van der Waals surface area contributed by atoms with Crippen molar-refractivity contribution in [1.29, 1.82) is 0 Å². The van der Waals surface area contributed by atoms with Gasteiger partial charge in [-0.2, -0.15) is 0 Å². The molecule has 0 aliphatic rings. The van der Waals surface area contributed by atoms with Crippen molar-refractivity contribution in [3.63, 3.8) is 0 Å². The minimum atomic E-state index is 0.577. The van der Waals surface area contributed by atoms with E-state index < -0.39 is 0 Å². The van der Waals surface area contributed by atoms with Crippen LogP contribution in [0.4, 0.5) is 0 Å². The van der Waals surface area contributed by atoms with E-state index in [-0.39, 0.29) is 0 Å². The number of benzene rings is 9. The van der Waals surface area contributed by atoms with Gasteiger partial charge < -0.3 is 9.13 Å². The number of aryl methyl sites for hydroxylation is 2. The van der Waals surface area contributed by atoms with E-state index in [1.807, 2.05) is 66.9 Å². The average molecular weight is 897 g/mol. The van der Waals surface area contributed by atoms with Crippen molar-refractivity contribution in [2.45, 2.75) is 13.8 Å². The van der Waals surface area contributed by atoms with Gasteiger partial charge in [0.1, 0.15) is 0 Å². The summed E-state index contributed by atoms with van der Waals surface area (Å²) in [6.07, 6.45) is 1.94. The molecule has 0 saturated heterocycles. The number of rotatable bonds is 8. The third-order valence-electron chi connectivity index (χ3n) is 13.6. The van der Waals surface area contributed by atoms with Gasteiger partial charge in [0.2, 0.25) is 0 Å². The first-order chi connectivity index (χ1) is 34.5. The van der Waals surface area contributed by atoms with E-state index in [4.69, 9.17) is 19.9 Å². The summed E-state index contributed by atoms with van der Waals surface area (Å²) >= 11 is 0. The first-order valence-electron chi connectivity index (χ1n) is 23.7. The van der Waals surface area contributed by atoms with Crippen LogP contribution < -0.4 is 0 Å². The van der Waals surface area contributed by atoms with Crippen LogP contribution in [0.3, 0.4) is 0 Å². The summed E-state index contributed by atoms with van der Waals surface area (Å²) in [5.41, 5.74) is 18.2. The van der Waals surface area contributed by atoms with Crippen LogP contribution >= 0.6 is 0 Å². The Hall–Kier alpha value is -9.26. The predicted octanol–water partition coefficient (Wildman–Crippen LogP) is 16.1. The standard InChI is InChI=1S/C64H44N6/c1-41-21-25-43(26-22-41)47-29-32-59-53(37-47)51-17-9-11-19-57(51)69(59)50-35-36-65-56(40-50)55-39-49(64-67-62(45-13-5-3-6-14-45)66-63(68-64)46-15-7-4-8-16-46)31-34-61(55)70-58-20-12-10-18-52(58)54-38-48(30-33-60(54)70)44-27-23-42(2)24-28-44/h3-40H,1-2H3. The van der Waals surface area contributed by atoms with Crippen molar-refractivity contribution >= 4 is 43.6 Å².